The molecule has 0 saturated carbocycles. The van der Waals surface area contributed by atoms with Crippen LogP contribution in [-0.2, 0) is 25.9 Å². The second-order valence-corrected chi connectivity index (χ2v) is 10.8. The summed E-state index contributed by atoms with van der Waals surface area (Å²) in [6.07, 6.45) is 12.6. The van der Waals surface area contributed by atoms with Gasteiger partial charge in [0.05, 0.1) is 11.4 Å². The van der Waals surface area contributed by atoms with E-state index in [4.69, 9.17) is 14.5 Å². The topological polar surface area (TPSA) is 51.9 Å². The smallest absolute Gasteiger partial charge is 0.161 e. The summed E-state index contributed by atoms with van der Waals surface area (Å²) < 4.78 is 14.1. The van der Waals surface area contributed by atoms with Gasteiger partial charge in [0.15, 0.2) is 11.5 Å². The summed E-state index contributed by atoms with van der Waals surface area (Å²) in [5.74, 6) is 2.90. The number of hydrogen-bond donors (Lipinski definition) is 0. The molecule has 2 aromatic carbocycles. The molecule has 3 aromatic rings. The van der Waals surface area contributed by atoms with Crippen LogP contribution in [0.2, 0.25) is 0 Å². The van der Waals surface area contributed by atoms with Crippen molar-refractivity contribution < 1.29 is 9.47 Å². The van der Waals surface area contributed by atoms with E-state index in [0.717, 1.165) is 55.5 Å². The molecule has 3 heterocycles. The van der Waals surface area contributed by atoms with Gasteiger partial charge in [0.25, 0.3) is 0 Å². The first-order valence-corrected chi connectivity index (χ1v) is 15.6. The Morgan fingerprint density at radius 2 is 1.76 bits per heavy atom. The number of benzene rings is 2. The molecular formula is C36H48N4O2. The number of allylic oxidation sites excluding steroid dienone is 2. The Morgan fingerprint density at radius 1 is 1.02 bits per heavy atom. The number of aliphatic imine (C=N–C) groups is 1. The Hall–Kier alpha value is -3.64. The molecule has 1 aromatic heterocycles. The molecule has 5 rings (SSSR count). The third-order valence-corrected chi connectivity index (χ3v) is 8.16. The highest BCUT2D eigenvalue weighted by Crippen LogP contribution is 2.39. The van der Waals surface area contributed by atoms with E-state index in [1.807, 2.05) is 13.0 Å². The highest BCUT2D eigenvalue weighted by molar-refractivity contribution is 5.70. The number of piperidine rings is 1. The molecule has 224 valence electrons. The van der Waals surface area contributed by atoms with Gasteiger partial charge < -0.3 is 14.0 Å². The van der Waals surface area contributed by atoms with E-state index in [-0.39, 0.29) is 0 Å². The van der Waals surface area contributed by atoms with Gasteiger partial charge >= 0.3 is 0 Å². The van der Waals surface area contributed by atoms with Gasteiger partial charge in [0.2, 0.25) is 0 Å². The minimum absolute atomic E-state index is 0.386. The number of rotatable bonds is 9. The molecule has 0 amide bonds. The Kier molecular flexibility index (Phi) is 11.6. The van der Waals surface area contributed by atoms with Crippen LogP contribution in [0, 0.1) is 6.92 Å². The standard InChI is InChI=1S/C30H39N3O2.C6H9N/c1-5-22-11-10-12-23(6-2)29(22)30-31-21(4)26(33(30)7-3)20-32-16-9-8-13-25(32)24-14-15-27-28(19-24)35-18-17-34-27;1-3-5-7-6-4-2/h10-12,14-15,19,25H,5-9,13,16-18,20H2,1-4H3;3-6H,1H2,2H3/b;6-4-,7-5?. The normalized spacial score (nSPS) is 16.9. The zero-order chi connectivity index (χ0) is 29.9. The van der Waals surface area contributed by atoms with Crippen molar-refractivity contribution in [3.05, 3.63) is 89.4 Å². The van der Waals surface area contributed by atoms with Crippen LogP contribution >= 0.6 is 0 Å². The minimum atomic E-state index is 0.386. The first kappa shape index (κ1) is 31.3. The minimum Gasteiger partial charge on any atom is -0.486 e. The number of ether oxygens (including phenoxy) is 2. The summed E-state index contributed by atoms with van der Waals surface area (Å²) in [7, 11) is 0. The van der Waals surface area contributed by atoms with E-state index in [9.17, 15) is 0 Å². The lowest BCUT2D eigenvalue weighted by Gasteiger charge is -2.36. The lowest BCUT2D eigenvalue weighted by atomic mass is 9.94. The van der Waals surface area contributed by atoms with Gasteiger partial charge in [-0.25, -0.2) is 4.98 Å². The zero-order valence-electron chi connectivity index (χ0n) is 26.2. The molecule has 6 heteroatoms. The second-order valence-electron chi connectivity index (χ2n) is 10.8. The summed E-state index contributed by atoms with van der Waals surface area (Å²) in [6, 6.07) is 13.6. The number of hydrogen-bond acceptors (Lipinski definition) is 5. The fourth-order valence-corrected chi connectivity index (χ4v) is 6.08. The Morgan fingerprint density at radius 3 is 2.43 bits per heavy atom. The molecule has 6 nitrogen and oxygen atoms in total. The van der Waals surface area contributed by atoms with Crippen LogP contribution in [0.25, 0.3) is 11.4 Å². The van der Waals surface area contributed by atoms with E-state index in [1.54, 1.807) is 18.5 Å². The third kappa shape index (κ3) is 7.22. The summed E-state index contributed by atoms with van der Waals surface area (Å²) in [4.78, 5) is 11.6. The Balaban J connectivity index is 0.000000517. The van der Waals surface area contributed by atoms with Crippen molar-refractivity contribution in [2.45, 2.75) is 85.9 Å². The number of fused-ring (bicyclic) bond motifs is 1. The highest BCUT2D eigenvalue weighted by Gasteiger charge is 2.28. The van der Waals surface area contributed by atoms with E-state index >= 15 is 0 Å². The second kappa shape index (κ2) is 15.5. The zero-order valence-corrected chi connectivity index (χ0v) is 26.2. The SMILES string of the molecule is C=CC=N/C=C\C.CCc1cccc(CC)c1-c1nc(C)c(CN2CCCCC2c2ccc3c(c2)OCCO3)n1CC. The lowest BCUT2D eigenvalue weighted by Crippen LogP contribution is -2.34. The molecule has 2 aliphatic rings. The fourth-order valence-electron chi connectivity index (χ4n) is 6.08. The van der Waals surface area contributed by atoms with Crippen LogP contribution in [-0.4, -0.2) is 40.4 Å². The Labute approximate surface area is 252 Å². The summed E-state index contributed by atoms with van der Waals surface area (Å²) in [6.45, 7) is 18.5. The predicted octanol–water partition coefficient (Wildman–Crippen LogP) is 8.28. The van der Waals surface area contributed by atoms with Crippen LogP contribution in [0.5, 0.6) is 11.5 Å². The maximum atomic E-state index is 5.90. The predicted molar refractivity (Wildman–Crippen MR) is 175 cm³/mol. The van der Waals surface area contributed by atoms with Crippen molar-refractivity contribution in [3.8, 4) is 22.9 Å². The summed E-state index contributed by atoms with van der Waals surface area (Å²) in [5, 5.41) is 0. The number of imidazole rings is 1. The summed E-state index contributed by atoms with van der Waals surface area (Å²) in [5.41, 5.74) is 7.96. The van der Waals surface area contributed by atoms with E-state index in [2.05, 4.69) is 85.1 Å². The molecule has 2 aliphatic heterocycles. The maximum Gasteiger partial charge on any atom is 0.161 e. The van der Waals surface area contributed by atoms with E-state index < -0.39 is 0 Å². The average molecular weight is 569 g/mol. The molecule has 0 radical (unpaired) electrons. The molecular weight excluding hydrogens is 520 g/mol. The van der Waals surface area contributed by atoms with Crippen LogP contribution in [0.4, 0.5) is 0 Å². The summed E-state index contributed by atoms with van der Waals surface area (Å²) >= 11 is 0. The maximum absolute atomic E-state index is 5.90. The first-order chi connectivity index (χ1) is 20.6. The van der Waals surface area contributed by atoms with E-state index in [0.29, 0.717) is 19.3 Å². The van der Waals surface area contributed by atoms with Crippen molar-refractivity contribution in [2.24, 2.45) is 4.99 Å². The molecule has 1 unspecified atom stereocenters. The van der Waals surface area contributed by atoms with Crippen LogP contribution < -0.4 is 9.47 Å². The van der Waals surface area contributed by atoms with Gasteiger partial charge in [-0.2, -0.15) is 0 Å². The monoisotopic (exact) mass is 568 g/mol. The van der Waals surface area contributed by atoms with Gasteiger partial charge in [-0.15, -0.1) is 0 Å². The van der Waals surface area contributed by atoms with E-state index in [1.165, 1.54) is 47.2 Å². The molecule has 0 aliphatic carbocycles. The Bertz CT molecular complexity index is 1370. The number of aromatic nitrogens is 2. The number of nitrogens with zero attached hydrogens (tertiary/aromatic N) is 4. The van der Waals surface area contributed by atoms with Gasteiger partial charge in [0.1, 0.15) is 19.0 Å². The molecule has 1 saturated heterocycles. The molecule has 0 N–H and O–H groups in total. The average Bonchev–Trinajstić information content (AvgIpc) is 3.35. The highest BCUT2D eigenvalue weighted by atomic mass is 16.6. The van der Waals surface area contributed by atoms with Crippen LogP contribution in [0.15, 0.2) is 66.3 Å². The number of likely N-dealkylation sites (tertiary alicyclic amines) is 1. The van der Waals surface area contributed by atoms with Crippen molar-refractivity contribution in [3.63, 3.8) is 0 Å². The first-order valence-electron chi connectivity index (χ1n) is 15.6. The van der Waals surface area contributed by atoms with Crippen molar-refractivity contribution in [2.75, 3.05) is 19.8 Å². The third-order valence-electron chi connectivity index (χ3n) is 8.16. The van der Waals surface area contributed by atoms with Crippen molar-refractivity contribution >= 4 is 6.21 Å². The lowest BCUT2D eigenvalue weighted by molar-refractivity contribution is 0.135. The molecule has 1 fully saturated rings. The van der Waals surface area contributed by atoms with Crippen LogP contribution in [0.1, 0.15) is 81.1 Å². The van der Waals surface area contributed by atoms with Crippen molar-refractivity contribution in [1.82, 2.24) is 14.5 Å². The van der Waals surface area contributed by atoms with Gasteiger partial charge in [-0.1, -0.05) is 63.3 Å². The molecule has 0 bridgehead atoms. The largest absolute Gasteiger partial charge is 0.486 e. The quantitative estimate of drug-likeness (QED) is 0.244. The van der Waals surface area contributed by atoms with Gasteiger partial charge in [-0.05, 0) is 81.8 Å². The van der Waals surface area contributed by atoms with Crippen LogP contribution in [0.3, 0.4) is 0 Å². The molecule has 0 spiro atoms. The van der Waals surface area contributed by atoms with Crippen molar-refractivity contribution in [1.29, 1.82) is 0 Å². The van der Waals surface area contributed by atoms with Gasteiger partial charge in [-0.3, -0.25) is 9.89 Å². The molecule has 42 heavy (non-hydrogen) atoms. The number of aryl methyl sites for hydroxylation is 3. The van der Waals surface area contributed by atoms with Gasteiger partial charge in [0, 0.05) is 37.1 Å². The molecule has 1 atom stereocenters. The fraction of sp³-hybridized carbons (Fsp3) is 0.444.